The minimum Gasteiger partial charge on any atom is -0.394 e. The maximum atomic E-state index is 12.3. The summed E-state index contributed by atoms with van der Waals surface area (Å²) in [6.45, 7) is 4.33. The maximum Gasteiger partial charge on any atom is 0.220 e. The van der Waals surface area contributed by atoms with Crippen LogP contribution in [0.4, 0.5) is 0 Å². The van der Waals surface area contributed by atoms with E-state index in [1.165, 1.54) is 148 Å². The molecule has 42 heavy (non-hydrogen) atoms. The SMILES string of the molecule is CCCCCCC/C=C/CCCC[C@@H](O)[C@H](CO)NC(=O)CCCCCCCCCCCCCCCCCCCCC. The summed E-state index contributed by atoms with van der Waals surface area (Å²) in [4.78, 5) is 12.3. The Balaban J connectivity index is 3.52. The van der Waals surface area contributed by atoms with Crippen molar-refractivity contribution < 1.29 is 15.0 Å². The highest BCUT2D eigenvalue weighted by molar-refractivity contribution is 5.76. The van der Waals surface area contributed by atoms with Crippen LogP contribution in [0.5, 0.6) is 0 Å². The zero-order valence-electron chi connectivity index (χ0n) is 28.5. The first-order valence-electron chi connectivity index (χ1n) is 18.9. The standard InChI is InChI=1S/C38H75NO3/c1-3-5-7-9-11-13-15-16-17-18-19-20-21-22-24-26-28-30-32-34-38(42)39-36(35-40)37(41)33-31-29-27-25-23-14-12-10-8-6-4-2/h23,25,36-37,40-41H,3-22,24,26-35H2,1-2H3,(H,39,42)/b25-23+/t36-,37+/m0/s1. The first-order valence-corrected chi connectivity index (χ1v) is 18.9. The van der Waals surface area contributed by atoms with Crippen LogP contribution in [-0.2, 0) is 4.79 Å². The van der Waals surface area contributed by atoms with Crippen molar-refractivity contribution in [3.63, 3.8) is 0 Å². The van der Waals surface area contributed by atoms with Gasteiger partial charge in [0.15, 0.2) is 0 Å². The van der Waals surface area contributed by atoms with Gasteiger partial charge in [0.25, 0.3) is 0 Å². The Morgan fingerprint density at radius 2 is 0.905 bits per heavy atom. The average Bonchev–Trinajstić information content (AvgIpc) is 2.99. The monoisotopic (exact) mass is 594 g/mol. The second-order valence-corrected chi connectivity index (χ2v) is 13.0. The Kier molecular flexibility index (Phi) is 33.9. The van der Waals surface area contributed by atoms with E-state index < -0.39 is 12.1 Å². The molecule has 0 spiro atoms. The van der Waals surface area contributed by atoms with Gasteiger partial charge in [-0.15, -0.1) is 0 Å². The molecule has 0 rings (SSSR count). The van der Waals surface area contributed by atoms with Gasteiger partial charge in [0.05, 0.1) is 18.8 Å². The van der Waals surface area contributed by atoms with Crippen LogP contribution in [0.1, 0.15) is 206 Å². The van der Waals surface area contributed by atoms with Gasteiger partial charge in [-0.05, 0) is 38.5 Å². The minimum absolute atomic E-state index is 0.0399. The molecule has 4 nitrogen and oxygen atoms in total. The van der Waals surface area contributed by atoms with E-state index in [2.05, 4.69) is 31.3 Å². The quantitative estimate of drug-likeness (QED) is 0.0513. The third-order valence-corrected chi connectivity index (χ3v) is 8.78. The first-order chi connectivity index (χ1) is 20.7. The molecule has 1 amide bonds. The van der Waals surface area contributed by atoms with Crippen molar-refractivity contribution in [2.75, 3.05) is 6.61 Å². The number of rotatable bonds is 34. The van der Waals surface area contributed by atoms with Crippen molar-refractivity contribution in [1.82, 2.24) is 5.32 Å². The van der Waals surface area contributed by atoms with Crippen molar-refractivity contribution >= 4 is 5.91 Å². The number of carbonyl (C=O) groups excluding carboxylic acids is 1. The van der Waals surface area contributed by atoms with E-state index >= 15 is 0 Å². The van der Waals surface area contributed by atoms with Crippen LogP contribution < -0.4 is 5.32 Å². The van der Waals surface area contributed by atoms with Gasteiger partial charge < -0.3 is 15.5 Å². The van der Waals surface area contributed by atoms with Gasteiger partial charge in [-0.3, -0.25) is 4.79 Å². The van der Waals surface area contributed by atoms with Crippen LogP contribution >= 0.6 is 0 Å². The fraction of sp³-hybridized carbons (Fsp3) is 0.921. The van der Waals surface area contributed by atoms with E-state index in [0.717, 1.165) is 32.1 Å². The van der Waals surface area contributed by atoms with Crippen LogP contribution in [0, 0.1) is 0 Å². The van der Waals surface area contributed by atoms with E-state index in [9.17, 15) is 15.0 Å². The topological polar surface area (TPSA) is 69.6 Å². The second-order valence-electron chi connectivity index (χ2n) is 13.0. The average molecular weight is 594 g/mol. The summed E-state index contributed by atoms with van der Waals surface area (Å²) in [6.07, 6.45) is 41.3. The molecule has 0 aliphatic rings. The van der Waals surface area contributed by atoms with Gasteiger partial charge in [-0.2, -0.15) is 0 Å². The van der Waals surface area contributed by atoms with Crippen molar-refractivity contribution in [3.8, 4) is 0 Å². The number of allylic oxidation sites excluding steroid dienone is 2. The van der Waals surface area contributed by atoms with Gasteiger partial charge in [0.2, 0.25) is 5.91 Å². The molecular weight excluding hydrogens is 518 g/mol. The summed E-state index contributed by atoms with van der Waals surface area (Å²) in [5.74, 6) is -0.0399. The molecule has 4 heteroatoms. The summed E-state index contributed by atoms with van der Waals surface area (Å²) in [7, 11) is 0. The lowest BCUT2D eigenvalue weighted by Crippen LogP contribution is -2.45. The molecule has 250 valence electrons. The van der Waals surface area contributed by atoms with Crippen LogP contribution in [0.25, 0.3) is 0 Å². The molecule has 0 aromatic rings. The zero-order chi connectivity index (χ0) is 30.8. The smallest absolute Gasteiger partial charge is 0.220 e. The van der Waals surface area contributed by atoms with Crippen molar-refractivity contribution in [2.45, 2.75) is 219 Å². The fourth-order valence-electron chi connectivity index (χ4n) is 5.82. The number of aliphatic hydroxyl groups excluding tert-OH is 2. The van der Waals surface area contributed by atoms with E-state index in [0.29, 0.717) is 12.8 Å². The molecular formula is C38H75NO3. The predicted octanol–water partition coefficient (Wildman–Crippen LogP) is 11.1. The summed E-state index contributed by atoms with van der Waals surface area (Å²) in [5, 5.41) is 23.0. The largest absolute Gasteiger partial charge is 0.394 e. The lowest BCUT2D eigenvalue weighted by Gasteiger charge is -2.22. The Bertz CT molecular complexity index is 565. The molecule has 0 saturated heterocycles. The zero-order valence-corrected chi connectivity index (χ0v) is 28.5. The summed E-state index contributed by atoms with van der Waals surface area (Å²) in [5.41, 5.74) is 0. The third kappa shape index (κ3) is 30.6. The Labute approximate surface area is 263 Å². The van der Waals surface area contributed by atoms with Crippen molar-refractivity contribution in [2.24, 2.45) is 0 Å². The van der Waals surface area contributed by atoms with Crippen LogP contribution in [0.2, 0.25) is 0 Å². The van der Waals surface area contributed by atoms with E-state index in [4.69, 9.17) is 0 Å². The first kappa shape index (κ1) is 41.1. The van der Waals surface area contributed by atoms with Gasteiger partial charge >= 0.3 is 0 Å². The summed E-state index contributed by atoms with van der Waals surface area (Å²) >= 11 is 0. The number of nitrogens with one attached hydrogen (secondary N) is 1. The highest BCUT2D eigenvalue weighted by atomic mass is 16.3. The molecule has 0 aromatic carbocycles. The van der Waals surface area contributed by atoms with Crippen molar-refractivity contribution in [1.29, 1.82) is 0 Å². The number of carbonyl (C=O) groups is 1. The highest BCUT2D eigenvalue weighted by Crippen LogP contribution is 2.15. The summed E-state index contributed by atoms with van der Waals surface area (Å²) < 4.78 is 0. The van der Waals surface area contributed by atoms with Gasteiger partial charge in [0.1, 0.15) is 0 Å². The predicted molar refractivity (Wildman–Crippen MR) is 184 cm³/mol. The van der Waals surface area contributed by atoms with E-state index in [-0.39, 0.29) is 12.5 Å². The normalized spacial score (nSPS) is 13.1. The molecule has 0 saturated carbocycles. The second kappa shape index (κ2) is 34.6. The number of aliphatic hydroxyl groups is 2. The van der Waals surface area contributed by atoms with Gasteiger partial charge in [-0.25, -0.2) is 0 Å². The maximum absolute atomic E-state index is 12.3. The fourth-order valence-corrected chi connectivity index (χ4v) is 5.82. The lowest BCUT2D eigenvalue weighted by molar-refractivity contribution is -0.123. The Morgan fingerprint density at radius 3 is 1.31 bits per heavy atom. The van der Waals surface area contributed by atoms with Crippen LogP contribution in [0.3, 0.4) is 0 Å². The van der Waals surface area contributed by atoms with E-state index in [1.807, 2.05) is 0 Å². The molecule has 0 fully saturated rings. The van der Waals surface area contributed by atoms with E-state index in [1.54, 1.807) is 0 Å². The molecule has 3 N–H and O–H groups in total. The van der Waals surface area contributed by atoms with Crippen LogP contribution in [0.15, 0.2) is 12.2 Å². The molecule has 0 bridgehead atoms. The number of hydrogen-bond donors (Lipinski definition) is 3. The van der Waals surface area contributed by atoms with Gasteiger partial charge in [-0.1, -0.05) is 174 Å². The Hall–Kier alpha value is -0.870. The lowest BCUT2D eigenvalue weighted by atomic mass is 10.0. The van der Waals surface area contributed by atoms with Gasteiger partial charge in [0, 0.05) is 6.42 Å². The van der Waals surface area contributed by atoms with Crippen molar-refractivity contribution in [3.05, 3.63) is 12.2 Å². The number of amides is 1. The highest BCUT2D eigenvalue weighted by Gasteiger charge is 2.19. The molecule has 0 aliphatic carbocycles. The molecule has 0 aliphatic heterocycles. The van der Waals surface area contributed by atoms with Crippen LogP contribution in [-0.4, -0.2) is 34.9 Å². The molecule has 0 radical (unpaired) electrons. The molecule has 0 unspecified atom stereocenters. The molecule has 2 atom stereocenters. The number of unbranched alkanes of at least 4 members (excludes halogenated alkanes) is 25. The molecule has 0 heterocycles. The number of hydrogen-bond acceptors (Lipinski definition) is 3. The minimum atomic E-state index is -0.674. The molecule has 0 aromatic heterocycles. The third-order valence-electron chi connectivity index (χ3n) is 8.78. The Morgan fingerprint density at radius 1 is 0.548 bits per heavy atom. The summed E-state index contributed by atoms with van der Waals surface area (Å²) in [6, 6.07) is -0.545.